The summed E-state index contributed by atoms with van der Waals surface area (Å²) in [6.45, 7) is 0. The fraction of sp³-hybridized carbons (Fsp3) is 0. The van der Waals surface area contributed by atoms with Crippen LogP contribution >= 0.6 is 0 Å². The van der Waals surface area contributed by atoms with Gasteiger partial charge in [-0.3, -0.25) is 4.98 Å². The molecule has 0 spiro atoms. The van der Waals surface area contributed by atoms with Gasteiger partial charge in [0.25, 0.3) is 0 Å². The fourth-order valence-electron chi connectivity index (χ4n) is 6.89. The van der Waals surface area contributed by atoms with Crippen LogP contribution in [-0.2, 0) is 0 Å². The molecule has 0 N–H and O–H groups in total. The first-order valence-corrected chi connectivity index (χ1v) is 16.5. The van der Waals surface area contributed by atoms with Crippen molar-refractivity contribution in [2.24, 2.45) is 0 Å². The van der Waals surface area contributed by atoms with Gasteiger partial charge in [0.15, 0.2) is 17.5 Å². The predicted octanol–water partition coefficient (Wildman–Crippen LogP) is 10.5. The summed E-state index contributed by atoms with van der Waals surface area (Å²) in [5.74, 6) is 1.60. The van der Waals surface area contributed by atoms with E-state index in [4.69, 9.17) is 29.9 Å². The third-order valence-corrected chi connectivity index (χ3v) is 9.36. The van der Waals surface area contributed by atoms with Crippen LogP contribution in [0, 0.1) is 0 Å². The van der Waals surface area contributed by atoms with Crippen molar-refractivity contribution < 1.29 is 0 Å². The van der Waals surface area contributed by atoms with Gasteiger partial charge in [0.1, 0.15) is 11.4 Å². The van der Waals surface area contributed by atoms with Crippen LogP contribution in [0.4, 0.5) is 0 Å². The molecule has 0 aliphatic heterocycles. The van der Waals surface area contributed by atoms with Gasteiger partial charge in [0, 0.05) is 27.3 Å². The minimum atomic E-state index is 0.452. The predicted molar refractivity (Wildman–Crippen MR) is 202 cm³/mol. The smallest absolute Gasteiger partial charge is 0.184 e. The minimum absolute atomic E-state index is 0.452. The molecule has 3 heterocycles. The van der Waals surface area contributed by atoms with E-state index in [-0.39, 0.29) is 0 Å². The summed E-state index contributed by atoms with van der Waals surface area (Å²) in [7, 11) is 0. The Balaban J connectivity index is 1.13. The van der Waals surface area contributed by atoms with Gasteiger partial charge in [-0.25, -0.2) is 24.9 Å². The quantitative estimate of drug-likeness (QED) is 0.179. The van der Waals surface area contributed by atoms with Gasteiger partial charge in [0.05, 0.1) is 23.6 Å². The molecule has 0 aliphatic rings. The van der Waals surface area contributed by atoms with Crippen LogP contribution in [-0.4, -0.2) is 29.9 Å². The summed E-state index contributed by atoms with van der Waals surface area (Å²) >= 11 is 0. The molecule has 0 atom stereocenters. The Kier molecular flexibility index (Phi) is 6.39. The molecule has 6 nitrogen and oxygen atoms in total. The molecule has 0 fully saturated rings. The maximum atomic E-state index is 5.10. The van der Waals surface area contributed by atoms with Crippen molar-refractivity contribution in [3.63, 3.8) is 0 Å². The Bertz CT molecular complexity index is 2820. The number of benzene rings is 7. The fourth-order valence-corrected chi connectivity index (χ4v) is 6.89. The minimum Gasteiger partial charge on any atom is -0.251 e. The van der Waals surface area contributed by atoms with E-state index in [1.807, 2.05) is 30.3 Å². The van der Waals surface area contributed by atoms with E-state index >= 15 is 0 Å². The second kappa shape index (κ2) is 11.4. The first-order valence-electron chi connectivity index (χ1n) is 16.5. The summed E-state index contributed by atoms with van der Waals surface area (Å²) in [6, 6.07) is 50.1. The van der Waals surface area contributed by atoms with Gasteiger partial charge in [-0.05, 0) is 50.5 Å². The molecule has 232 valence electrons. The Morgan fingerprint density at radius 3 is 1.52 bits per heavy atom. The number of fused-ring (bicyclic) bond motifs is 7. The lowest BCUT2D eigenvalue weighted by Crippen LogP contribution is -2.02. The molecule has 0 unspecified atom stereocenters. The highest BCUT2D eigenvalue weighted by molar-refractivity contribution is 6.22. The van der Waals surface area contributed by atoms with Crippen molar-refractivity contribution >= 4 is 54.0 Å². The molecule has 0 bridgehead atoms. The molecule has 0 amide bonds. The number of nitrogens with zero attached hydrogens (tertiary/aromatic N) is 6. The Labute approximate surface area is 286 Å². The molecule has 10 aromatic rings. The van der Waals surface area contributed by atoms with E-state index in [0.29, 0.717) is 28.9 Å². The standard InChI is InChI=1S/C44H26N6/c1-3-12-30-23-32(19-17-27(30)9-1)42-48-43(33-20-18-28-10-2-4-13-31(28)24-33)50-44(49-42)39-26-45-38(25-46-39)41-36-22-21-29-11-5-6-14-34(29)40(36)35-15-7-8-16-37(35)47-41/h1-26H. The monoisotopic (exact) mass is 638 g/mol. The summed E-state index contributed by atoms with van der Waals surface area (Å²) in [6.07, 6.45) is 3.51. The molecule has 6 heteroatoms. The topological polar surface area (TPSA) is 77.3 Å². The van der Waals surface area contributed by atoms with Crippen molar-refractivity contribution in [2.75, 3.05) is 0 Å². The van der Waals surface area contributed by atoms with E-state index in [9.17, 15) is 0 Å². The molecule has 7 aromatic carbocycles. The van der Waals surface area contributed by atoms with E-state index in [1.54, 1.807) is 12.4 Å². The first kappa shape index (κ1) is 28.1. The SMILES string of the molecule is c1ccc2cc(-c3nc(-c4ccc5ccccc5c4)nc(-c4cnc(-c5nc6ccccc6c6c5ccc5ccccc56)cn4)n3)ccc2c1. The van der Waals surface area contributed by atoms with Crippen LogP contribution in [0.15, 0.2) is 158 Å². The van der Waals surface area contributed by atoms with E-state index in [0.717, 1.165) is 60.0 Å². The van der Waals surface area contributed by atoms with E-state index in [2.05, 4.69) is 115 Å². The van der Waals surface area contributed by atoms with Crippen LogP contribution in [0.1, 0.15) is 0 Å². The van der Waals surface area contributed by atoms with Crippen molar-refractivity contribution in [1.29, 1.82) is 0 Å². The van der Waals surface area contributed by atoms with Gasteiger partial charge >= 0.3 is 0 Å². The normalized spacial score (nSPS) is 11.6. The average Bonchev–Trinajstić information content (AvgIpc) is 3.20. The van der Waals surface area contributed by atoms with Crippen molar-refractivity contribution in [3.05, 3.63) is 158 Å². The maximum absolute atomic E-state index is 5.10. The van der Waals surface area contributed by atoms with Crippen LogP contribution in [0.25, 0.3) is 99.7 Å². The van der Waals surface area contributed by atoms with Gasteiger partial charge in [0.2, 0.25) is 0 Å². The molecule has 3 aromatic heterocycles. The highest BCUT2D eigenvalue weighted by Crippen LogP contribution is 2.36. The number of rotatable bonds is 4. The highest BCUT2D eigenvalue weighted by Gasteiger charge is 2.17. The van der Waals surface area contributed by atoms with Crippen LogP contribution in [0.5, 0.6) is 0 Å². The zero-order valence-corrected chi connectivity index (χ0v) is 26.7. The number of aromatic nitrogens is 6. The summed E-state index contributed by atoms with van der Waals surface area (Å²) in [5, 5.41) is 10.2. The van der Waals surface area contributed by atoms with Gasteiger partial charge in [-0.1, -0.05) is 127 Å². The maximum Gasteiger partial charge on any atom is 0.184 e. The summed E-state index contributed by atoms with van der Waals surface area (Å²) in [5.41, 5.74) is 4.73. The molecule has 10 rings (SSSR count). The van der Waals surface area contributed by atoms with E-state index < -0.39 is 0 Å². The average molecular weight is 639 g/mol. The van der Waals surface area contributed by atoms with Crippen molar-refractivity contribution in [1.82, 2.24) is 29.9 Å². The van der Waals surface area contributed by atoms with Crippen LogP contribution in [0.3, 0.4) is 0 Å². The first-order chi connectivity index (χ1) is 24.7. The lowest BCUT2D eigenvalue weighted by atomic mass is 9.97. The summed E-state index contributed by atoms with van der Waals surface area (Å²) in [4.78, 5) is 29.8. The lowest BCUT2D eigenvalue weighted by molar-refractivity contribution is 1.05. The third kappa shape index (κ3) is 4.73. The zero-order chi connectivity index (χ0) is 33.0. The number of hydrogen-bond acceptors (Lipinski definition) is 6. The molecule has 0 saturated heterocycles. The number of pyridine rings is 1. The molecule has 0 radical (unpaired) electrons. The summed E-state index contributed by atoms with van der Waals surface area (Å²) < 4.78 is 0. The van der Waals surface area contributed by atoms with Crippen molar-refractivity contribution in [3.8, 4) is 45.7 Å². The third-order valence-electron chi connectivity index (χ3n) is 9.36. The lowest BCUT2D eigenvalue weighted by Gasteiger charge is -2.12. The number of hydrogen-bond donors (Lipinski definition) is 0. The molecule has 0 saturated carbocycles. The Morgan fingerprint density at radius 2 is 0.860 bits per heavy atom. The second-order valence-electron chi connectivity index (χ2n) is 12.4. The van der Waals surface area contributed by atoms with Gasteiger partial charge < -0.3 is 0 Å². The highest BCUT2D eigenvalue weighted by atomic mass is 15.1. The zero-order valence-electron chi connectivity index (χ0n) is 26.7. The molecular weight excluding hydrogens is 613 g/mol. The van der Waals surface area contributed by atoms with Crippen LogP contribution < -0.4 is 0 Å². The molecule has 0 aliphatic carbocycles. The van der Waals surface area contributed by atoms with Gasteiger partial charge in [-0.2, -0.15) is 0 Å². The van der Waals surface area contributed by atoms with Crippen molar-refractivity contribution in [2.45, 2.75) is 0 Å². The largest absolute Gasteiger partial charge is 0.251 e. The second-order valence-corrected chi connectivity index (χ2v) is 12.4. The Hall–Kier alpha value is -6.92. The molecule has 50 heavy (non-hydrogen) atoms. The van der Waals surface area contributed by atoms with Gasteiger partial charge in [-0.15, -0.1) is 0 Å². The molecular formula is C44H26N6. The van der Waals surface area contributed by atoms with E-state index in [1.165, 1.54) is 10.8 Å². The Morgan fingerprint density at radius 1 is 0.340 bits per heavy atom. The number of para-hydroxylation sites is 1. The van der Waals surface area contributed by atoms with Crippen LogP contribution in [0.2, 0.25) is 0 Å².